The minimum Gasteiger partial charge on any atom is -0.507 e. The van der Waals surface area contributed by atoms with Gasteiger partial charge in [-0.15, -0.1) is 0 Å². The number of nitrogen functional groups attached to an aromatic ring is 1. The van der Waals surface area contributed by atoms with E-state index in [-0.39, 0.29) is 16.6 Å². The zero-order valence-corrected chi connectivity index (χ0v) is 16.2. The monoisotopic (exact) mass is 343 g/mol. The van der Waals surface area contributed by atoms with E-state index >= 15 is 0 Å². The van der Waals surface area contributed by atoms with Gasteiger partial charge in [0.2, 0.25) is 0 Å². The quantitative estimate of drug-likeness (QED) is 0.724. The Balaban J connectivity index is 2.42. The lowest BCUT2D eigenvalue weighted by molar-refractivity contribution is 0.422. The van der Waals surface area contributed by atoms with Gasteiger partial charge in [0.15, 0.2) is 0 Å². The van der Waals surface area contributed by atoms with Crippen LogP contribution in [0.15, 0.2) is 30.3 Å². The van der Waals surface area contributed by atoms with Crippen molar-refractivity contribution in [1.82, 2.24) is 0 Å². The van der Waals surface area contributed by atoms with Crippen molar-refractivity contribution in [3.8, 4) is 5.75 Å². The lowest BCUT2D eigenvalue weighted by Gasteiger charge is -2.28. The Bertz CT molecular complexity index is 732. The molecule has 0 saturated carbocycles. The van der Waals surface area contributed by atoms with Gasteiger partial charge >= 0.3 is 0 Å². The summed E-state index contributed by atoms with van der Waals surface area (Å²) in [7, 11) is 0. The molecule has 0 aliphatic heterocycles. The Morgan fingerprint density at radius 1 is 0.880 bits per heavy atom. The van der Waals surface area contributed by atoms with Crippen LogP contribution in [-0.4, -0.2) is 5.11 Å². The molecule has 2 aromatic carbocycles. The molecule has 0 saturated heterocycles. The van der Waals surface area contributed by atoms with Crippen LogP contribution in [0.5, 0.6) is 5.75 Å². The summed E-state index contributed by atoms with van der Waals surface area (Å²) in [6, 6.07) is 8.64. The fourth-order valence-electron chi connectivity index (χ4n) is 3.05. The lowest BCUT2D eigenvalue weighted by Crippen LogP contribution is -2.18. The molecule has 25 heavy (non-hydrogen) atoms. The second kappa shape index (κ2) is 6.70. The number of nitrogens with two attached hydrogens (primary N) is 1. The number of aryl methyl sites for hydroxylation is 2. The van der Waals surface area contributed by atoms with E-state index in [0.717, 1.165) is 28.7 Å². The fraction of sp³-hybridized carbons (Fsp3) is 0.455. The number of halogens is 1. The Hall–Kier alpha value is -2.03. The summed E-state index contributed by atoms with van der Waals surface area (Å²) in [6.07, 6.45) is 1.42. The normalized spacial score (nSPS) is 12.4. The Kier molecular flexibility index (Phi) is 5.17. The summed E-state index contributed by atoms with van der Waals surface area (Å²) in [6.45, 7) is 12.6. The maximum absolute atomic E-state index is 13.5. The molecule has 3 heteroatoms. The number of phenolic OH excluding ortho intramolecular Hbond substituents is 1. The van der Waals surface area contributed by atoms with Gasteiger partial charge in [-0.25, -0.2) is 4.39 Å². The molecular formula is C22H30FNO. The summed E-state index contributed by atoms with van der Waals surface area (Å²) in [5.74, 6) is 0.120. The van der Waals surface area contributed by atoms with Gasteiger partial charge in [-0.3, -0.25) is 0 Å². The van der Waals surface area contributed by atoms with Crippen molar-refractivity contribution in [2.45, 2.75) is 65.2 Å². The van der Waals surface area contributed by atoms with Crippen LogP contribution in [-0.2, 0) is 23.7 Å². The fourth-order valence-corrected chi connectivity index (χ4v) is 3.05. The van der Waals surface area contributed by atoms with Crippen molar-refractivity contribution in [2.24, 2.45) is 0 Å². The first kappa shape index (κ1) is 19.3. The number of hydrogen-bond donors (Lipinski definition) is 2. The van der Waals surface area contributed by atoms with E-state index in [9.17, 15) is 9.50 Å². The van der Waals surface area contributed by atoms with Crippen molar-refractivity contribution in [1.29, 1.82) is 0 Å². The SMILES string of the molecule is CC(C)(C)c1cc(CCc2cc(F)ccc2N)cc(C(C)(C)C)c1O. The third kappa shape index (κ3) is 4.53. The standard InChI is InChI=1S/C22H30FNO/c1-21(2,3)17-11-14(12-18(20(17)25)22(4,5)6)7-8-15-13-16(23)9-10-19(15)24/h9-13,25H,7-8,24H2,1-6H3. The predicted molar refractivity (Wildman–Crippen MR) is 104 cm³/mol. The zero-order valence-electron chi connectivity index (χ0n) is 16.2. The molecule has 3 N–H and O–H groups in total. The molecule has 2 rings (SSSR count). The minimum absolute atomic E-state index is 0.155. The average molecular weight is 343 g/mol. The summed E-state index contributed by atoms with van der Waals surface area (Å²) >= 11 is 0. The minimum atomic E-state index is -0.263. The lowest BCUT2D eigenvalue weighted by atomic mass is 9.78. The Morgan fingerprint density at radius 2 is 1.40 bits per heavy atom. The average Bonchev–Trinajstić information content (AvgIpc) is 2.47. The highest BCUT2D eigenvalue weighted by Gasteiger charge is 2.26. The van der Waals surface area contributed by atoms with Crippen LogP contribution in [0.3, 0.4) is 0 Å². The third-order valence-corrected chi connectivity index (χ3v) is 4.57. The number of hydrogen-bond acceptors (Lipinski definition) is 2. The van der Waals surface area contributed by atoms with Crippen LogP contribution in [0.1, 0.15) is 63.8 Å². The topological polar surface area (TPSA) is 46.2 Å². The first-order valence-corrected chi connectivity index (χ1v) is 8.80. The largest absolute Gasteiger partial charge is 0.507 e. The van der Waals surface area contributed by atoms with Gasteiger partial charge in [-0.05, 0) is 64.1 Å². The van der Waals surface area contributed by atoms with E-state index in [1.807, 2.05) is 0 Å². The highest BCUT2D eigenvalue weighted by Crippen LogP contribution is 2.40. The van der Waals surface area contributed by atoms with Gasteiger partial charge in [0, 0.05) is 5.69 Å². The Labute approximate surface area is 150 Å². The van der Waals surface area contributed by atoms with Crippen LogP contribution in [0, 0.1) is 5.82 Å². The van der Waals surface area contributed by atoms with Crippen molar-refractivity contribution >= 4 is 5.69 Å². The molecule has 2 nitrogen and oxygen atoms in total. The number of rotatable bonds is 3. The molecule has 0 spiro atoms. The molecular weight excluding hydrogens is 313 g/mol. The molecule has 0 aromatic heterocycles. The van der Waals surface area contributed by atoms with Crippen LogP contribution < -0.4 is 5.73 Å². The highest BCUT2D eigenvalue weighted by atomic mass is 19.1. The summed E-state index contributed by atoms with van der Waals surface area (Å²) in [4.78, 5) is 0. The van der Waals surface area contributed by atoms with E-state index in [1.165, 1.54) is 12.1 Å². The molecule has 0 aliphatic carbocycles. The van der Waals surface area contributed by atoms with Crippen LogP contribution in [0.2, 0.25) is 0 Å². The first-order chi connectivity index (χ1) is 11.4. The first-order valence-electron chi connectivity index (χ1n) is 8.80. The molecule has 0 fully saturated rings. The van der Waals surface area contributed by atoms with Gasteiger partial charge < -0.3 is 10.8 Å². The zero-order chi connectivity index (χ0) is 19.0. The van der Waals surface area contributed by atoms with Crippen molar-refractivity contribution in [3.05, 3.63) is 58.4 Å². The van der Waals surface area contributed by atoms with Crippen LogP contribution in [0.4, 0.5) is 10.1 Å². The smallest absolute Gasteiger partial charge is 0.123 e. The molecule has 0 atom stereocenters. The molecule has 0 aliphatic rings. The van der Waals surface area contributed by atoms with E-state index in [0.29, 0.717) is 17.9 Å². The van der Waals surface area contributed by atoms with E-state index < -0.39 is 0 Å². The van der Waals surface area contributed by atoms with E-state index in [1.54, 1.807) is 6.07 Å². The van der Waals surface area contributed by atoms with Crippen molar-refractivity contribution < 1.29 is 9.50 Å². The summed E-state index contributed by atoms with van der Waals surface area (Å²) in [5.41, 5.74) is 10.1. The molecule has 2 aromatic rings. The maximum Gasteiger partial charge on any atom is 0.123 e. The number of anilines is 1. The number of phenols is 1. The van der Waals surface area contributed by atoms with Crippen molar-refractivity contribution in [3.63, 3.8) is 0 Å². The molecule has 0 unspecified atom stereocenters. The Morgan fingerprint density at radius 3 is 1.88 bits per heavy atom. The molecule has 136 valence electrons. The van der Waals surface area contributed by atoms with Gasteiger partial charge in [0.05, 0.1) is 0 Å². The number of aromatic hydroxyl groups is 1. The van der Waals surface area contributed by atoms with Gasteiger partial charge in [0.1, 0.15) is 11.6 Å². The van der Waals surface area contributed by atoms with E-state index in [4.69, 9.17) is 5.73 Å². The molecule has 0 heterocycles. The van der Waals surface area contributed by atoms with Crippen molar-refractivity contribution in [2.75, 3.05) is 5.73 Å². The van der Waals surface area contributed by atoms with Gasteiger partial charge in [0.25, 0.3) is 0 Å². The molecule has 0 amide bonds. The molecule has 0 radical (unpaired) electrons. The molecule has 0 bridgehead atoms. The second-order valence-electron chi connectivity index (χ2n) is 8.88. The highest BCUT2D eigenvalue weighted by molar-refractivity contribution is 5.51. The van der Waals surface area contributed by atoms with E-state index in [2.05, 4.69) is 53.7 Å². The maximum atomic E-state index is 13.5. The second-order valence-corrected chi connectivity index (χ2v) is 8.88. The van der Waals surface area contributed by atoms with Crippen LogP contribution >= 0.6 is 0 Å². The van der Waals surface area contributed by atoms with Crippen LogP contribution in [0.25, 0.3) is 0 Å². The van der Waals surface area contributed by atoms with Gasteiger partial charge in [-0.2, -0.15) is 0 Å². The predicted octanol–water partition coefficient (Wildman–Crippen LogP) is 5.49. The van der Waals surface area contributed by atoms with Gasteiger partial charge in [-0.1, -0.05) is 53.7 Å². The summed E-state index contributed by atoms with van der Waals surface area (Å²) < 4.78 is 13.5. The summed E-state index contributed by atoms with van der Waals surface area (Å²) in [5, 5.41) is 10.8. The number of benzene rings is 2. The third-order valence-electron chi connectivity index (χ3n) is 4.57.